The average Bonchev–Trinajstić information content (AvgIpc) is 2.35. The van der Waals surface area contributed by atoms with Gasteiger partial charge in [0.05, 0.1) is 0 Å². The van der Waals surface area contributed by atoms with Gasteiger partial charge in [0.25, 0.3) is 0 Å². The lowest BCUT2D eigenvalue weighted by Crippen LogP contribution is -2.37. The summed E-state index contributed by atoms with van der Waals surface area (Å²) in [5.41, 5.74) is 0. The first-order chi connectivity index (χ1) is 7.80. The van der Waals surface area contributed by atoms with Crippen LogP contribution in [-0.2, 0) is 11.3 Å². The van der Waals surface area contributed by atoms with Crippen LogP contribution >= 0.6 is 0 Å². The molecule has 0 N–H and O–H groups in total. The van der Waals surface area contributed by atoms with Crippen LogP contribution in [0.15, 0.2) is 18.5 Å². The van der Waals surface area contributed by atoms with Crippen molar-refractivity contribution in [2.75, 3.05) is 7.11 Å². The Morgan fingerprint density at radius 3 is 2.75 bits per heavy atom. The SMILES string of the molecule is CCCC[n+]1ccc(OC(CC)OC)cn1. The highest BCUT2D eigenvalue weighted by atomic mass is 16.7. The van der Waals surface area contributed by atoms with Gasteiger partial charge in [-0.2, -0.15) is 0 Å². The maximum absolute atomic E-state index is 5.57. The number of aromatic nitrogens is 2. The van der Waals surface area contributed by atoms with E-state index in [4.69, 9.17) is 9.47 Å². The summed E-state index contributed by atoms with van der Waals surface area (Å²) in [7, 11) is 1.64. The molecule has 0 saturated heterocycles. The third-order valence-corrected chi connectivity index (χ3v) is 2.35. The van der Waals surface area contributed by atoms with Gasteiger partial charge in [0.15, 0.2) is 24.8 Å². The van der Waals surface area contributed by atoms with E-state index < -0.39 is 0 Å². The molecule has 1 unspecified atom stereocenters. The summed E-state index contributed by atoms with van der Waals surface area (Å²) >= 11 is 0. The minimum atomic E-state index is -0.187. The molecule has 90 valence electrons. The van der Waals surface area contributed by atoms with Crippen molar-refractivity contribution in [2.45, 2.75) is 45.9 Å². The molecule has 0 spiro atoms. The highest BCUT2D eigenvalue weighted by molar-refractivity contribution is 5.11. The van der Waals surface area contributed by atoms with Crippen LogP contribution in [0.4, 0.5) is 0 Å². The highest BCUT2D eigenvalue weighted by Gasteiger charge is 2.08. The highest BCUT2D eigenvalue weighted by Crippen LogP contribution is 2.09. The van der Waals surface area contributed by atoms with Gasteiger partial charge in [0.1, 0.15) is 6.20 Å². The topological polar surface area (TPSA) is 35.2 Å². The van der Waals surface area contributed by atoms with Crippen molar-refractivity contribution < 1.29 is 14.2 Å². The van der Waals surface area contributed by atoms with Crippen molar-refractivity contribution in [3.63, 3.8) is 0 Å². The van der Waals surface area contributed by atoms with Gasteiger partial charge < -0.3 is 9.47 Å². The molecular formula is C12H21N2O2+. The summed E-state index contributed by atoms with van der Waals surface area (Å²) in [5.74, 6) is 0.751. The van der Waals surface area contributed by atoms with E-state index in [0.29, 0.717) is 0 Å². The fourth-order valence-electron chi connectivity index (χ4n) is 1.34. The van der Waals surface area contributed by atoms with Crippen molar-refractivity contribution in [1.29, 1.82) is 0 Å². The molecule has 4 heteroatoms. The predicted octanol–water partition coefficient (Wildman–Crippen LogP) is 1.93. The maximum atomic E-state index is 5.57. The summed E-state index contributed by atoms with van der Waals surface area (Å²) < 4.78 is 12.6. The number of unbranched alkanes of at least 4 members (excludes halogenated alkanes) is 1. The molecule has 1 aromatic rings. The Bertz CT molecular complexity index is 284. The normalized spacial score (nSPS) is 12.4. The fourth-order valence-corrected chi connectivity index (χ4v) is 1.34. The van der Waals surface area contributed by atoms with E-state index in [-0.39, 0.29) is 6.29 Å². The van der Waals surface area contributed by atoms with Gasteiger partial charge in [-0.05, 0) is 5.10 Å². The van der Waals surface area contributed by atoms with Crippen molar-refractivity contribution in [3.8, 4) is 5.75 Å². The fraction of sp³-hybridized carbons (Fsp3) is 0.667. The van der Waals surface area contributed by atoms with Crippen molar-refractivity contribution in [2.24, 2.45) is 0 Å². The number of nitrogens with zero attached hydrogens (tertiary/aromatic N) is 2. The van der Waals surface area contributed by atoms with E-state index in [9.17, 15) is 0 Å². The van der Waals surface area contributed by atoms with E-state index in [0.717, 1.165) is 25.1 Å². The lowest BCUT2D eigenvalue weighted by atomic mass is 10.3. The number of ether oxygens (including phenoxy) is 2. The van der Waals surface area contributed by atoms with Crippen LogP contribution < -0.4 is 9.42 Å². The Kier molecular flexibility index (Phi) is 5.78. The van der Waals surface area contributed by atoms with Gasteiger partial charge in [0.2, 0.25) is 0 Å². The molecule has 0 bridgehead atoms. The molecule has 1 rings (SSSR count). The van der Waals surface area contributed by atoms with Gasteiger partial charge >= 0.3 is 0 Å². The molecule has 0 fully saturated rings. The van der Waals surface area contributed by atoms with Gasteiger partial charge in [-0.15, -0.1) is 0 Å². The molecule has 4 nitrogen and oxygen atoms in total. The smallest absolute Gasteiger partial charge is 0.200 e. The second kappa shape index (κ2) is 7.17. The molecule has 0 radical (unpaired) electrons. The molecule has 0 aliphatic heterocycles. The number of methoxy groups -OCH3 is 1. The molecule has 0 amide bonds. The minimum Gasteiger partial charge on any atom is -0.463 e. The zero-order chi connectivity index (χ0) is 11.8. The first kappa shape index (κ1) is 12.9. The quantitative estimate of drug-likeness (QED) is 0.525. The summed E-state index contributed by atoms with van der Waals surface area (Å²) in [4.78, 5) is 0. The molecule has 1 heterocycles. The van der Waals surface area contributed by atoms with E-state index in [1.807, 2.05) is 23.9 Å². The second-order valence-electron chi connectivity index (χ2n) is 3.67. The number of aryl methyl sites for hydroxylation is 1. The van der Waals surface area contributed by atoms with Gasteiger partial charge in [0, 0.05) is 26.0 Å². The Hall–Kier alpha value is -1.16. The number of rotatable bonds is 7. The van der Waals surface area contributed by atoms with Crippen molar-refractivity contribution in [3.05, 3.63) is 18.5 Å². The third-order valence-electron chi connectivity index (χ3n) is 2.35. The van der Waals surface area contributed by atoms with Gasteiger partial charge in [-0.25, -0.2) is 0 Å². The number of hydrogen-bond acceptors (Lipinski definition) is 3. The number of hydrogen-bond donors (Lipinski definition) is 0. The zero-order valence-corrected chi connectivity index (χ0v) is 10.3. The largest absolute Gasteiger partial charge is 0.463 e. The molecule has 16 heavy (non-hydrogen) atoms. The van der Waals surface area contributed by atoms with E-state index in [2.05, 4.69) is 12.0 Å². The third kappa shape index (κ3) is 4.14. The van der Waals surface area contributed by atoms with Crippen LogP contribution in [0.25, 0.3) is 0 Å². The van der Waals surface area contributed by atoms with Gasteiger partial charge in [-0.1, -0.05) is 25.0 Å². The van der Waals surface area contributed by atoms with Crippen molar-refractivity contribution in [1.82, 2.24) is 5.10 Å². The van der Waals surface area contributed by atoms with E-state index in [1.165, 1.54) is 6.42 Å². The van der Waals surface area contributed by atoms with Crippen LogP contribution in [0.5, 0.6) is 5.75 Å². The van der Waals surface area contributed by atoms with Crippen molar-refractivity contribution >= 4 is 0 Å². The Balaban J connectivity index is 2.50. The second-order valence-corrected chi connectivity index (χ2v) is 3.67. The molecule has 0 aliphatic carbocycles. The molecule has 1 aromatic heterocycles. The Labute approximate surface area is 97.2 Å². The molecule has 1 atom stereocenters. The van der Waals surface area contributed by atoms with E-state index >= 15 is 0 Å². The van der Waals surface area contributed by atoms with Crippen LogP contribution in [0.3, 0.4) is 0 Å². The first-order valence-corrected chi connectivity index (χ1v) is 5.85. The molecule has 0 saturated carbocycles. The van der Waals surface area contributed by atoms with Gasteiger partial charge in [-0.3, -0.25) is 0 Å². The first-order valence-electron chi connectivity index (χ1n) is 5.85. The summed E-state index contributed by atoms with van der Waals surface area (Å²) in [6.45, 7) is 5.15. The van der Waals surface area contributed by atoms with Crippen LogP contribution in [0, 0.1) is 0 Å². The Morgan fingerprint density at radius 2 is 2.25 bits per heavy atom. The predicted molar refractivity (Wildman–Crippen MR) is 61.1 cm³/mol. The van der Waals surface area contributed by atoms with E-state index in [1.54, 1.807) is 13.3 Å². The minimum absolute atomic E-state index is 0.187. The van der Waals surface area contributed by atoms with Crippen LogP contribution in [0.2, 0.25) is 0 Å². The maximum Gasteiger partial charge on any atom is 0.200 e. The Morgan fingerprint density at radius 1 is 1.44 bits per heavy atom. The lowest BCUT2D eigenvalue weighted by molar-refractivity contribution is -0.754. The standard InChI is InChI=1S/C12H21N2O2/c1-4-6-8-14-9-7-11(10-13-14)16-12(5-2)15-3/h7,9-10,12H,4-6,8H2,1-3H3/q+1. The van der Waals surface area contributed by atoms with Crippen LogP contribution in [0.1, 0.15) is 33.1 Å². The average molecular weight is 225 g/mol. The zero-order valence-electron chi connectivity index (χ0n) is 10.3. The summed E-state index contributed by atoms with van der Waals surface area (Å²) in [5, 5.41) is 4.27. The molecule has 0 aromatic carbocycles. The lowest BCUT2D eigenvalue weighted by Gasteiger charge is -2.14. The monoisotopic (exact) mass is 225 g/mol. The molecule has 0 aliphatic rings. The molecular weight excluding hydrogens is 204 g/mol. The van der Waals surface area contributed by atoms with Crippen LogP contribution in [-0.4, -0.2) is 18.5 Å². The summed E-state index contributed by atoms with van der Waals surface area (Å²) in [6.07, 6.45) is 6.63. The summed E-state index contributed by atoms with van der Waals surface area (Å²) in [6, 6.07) is 1.92.